The number of rotatable bonds is 4. The third-order valence-electron chi connectivity index (χ3n) is 3.99. The van der Waals surface area contributed by atoms with E-state index in [-0.39, 0.29) is 30.5 Å². The fourth-order valence-electron chi connectivity index (χ4n) is 2.92. The molecule has 0 spiro atoms. The molecule has 20 heavy (non-hydrogen) atoms. The number of nitrogens with zero attached hydrogens (tertiary/aromatic N) is 1. The van der Waals surface area contributed by atoms with E-state index >= 15 is 0 Å². The van der Waals surface area contributed by atoms with Gasteiger partial charge in [0.2, 0.25) is 5.91 Å². The first-order chi connectivity index (χ1) is 9.75. The van der Waals surface area contributed by atoms with Crippen molar-refractivity contribution in [1.82, 2.24) is 10.2 Å². The lowest BCUT2D eigenvalue weighted by atomic mass is 10.1. The molecule has 0 aliphatic carbocycles. The van der Waals surface area contributed by atoms with Crippen LogP contribution in [0.15, 0.2) is 24.3 Å². The average molecular weight is 278 g/mol. The molecule has 108 valence electrons. The first kappa shape index (κ1) is 13.5. The van der Waals surface area contributed by atoms with Crippen molar-refractivity contribution < 1.29 is 13.9 Å². The van der Waals surface area contributed by atoms with Crippen molar-refractivity contribution in [2.45, 2.75) is 31.5 Å². The molecule has 0 aromatic heterocycles. The van der Waals surface area contributed by atoms with Crippen LogP contribution in [0.3, 0.4) is 0 Å². The predicted molar refractivity (Wildman–Crippen MR) is 72.4 cm³/mol. The number of nitrogens with one attached hydrogen (secondary N) is 1. The number of halogens is 1. The van der Waals surface area contributed by atoms with Gasteiger partial charge in [-0.15, -0.1) is 0 Å². The lowest BCUT2D eigenvalue weighted by molar-refractivity contribution is -0.128. The number of ether oxygens (including phenoxy) is 1. The summed E-state index contributed by atoms with van der Waals surface area (Å²) in [5.74, 6) is -0.252. The summed E-state index contributed by atoms with van der Waals surface area (Å²) in [6, 6.07) is 6.61. The number of benzene rings is 1. The molecule has 5 heteroatoms. The van der Waals surface area contributed by atoms with E-state index in [4.69, 9.17) is 4.74 Å². The summed E-state index contributed by atoms with van der Waals surface area (Å²) in [4.78, 5) is 13.7. The van der Waals surface area contributed by atoms with E-state index in [1.807, 2.05) is 0 Å². The molecule has 2 aliphatic rings. The third-order valence-corrected chi connectivity index (χ3v) is 3.99. The lowest BCUT2D eigenvalue weighted by Crippen LogP contribution is -2.33. The number of amides is 1. The molecule has 3 rings (SSSR count). The van der Waals surface area contributed by atoms with Gasteiger partial charge in [-0.05, 0) is 25.3 Å². The first-order valence-corrected chi connectivity index (χ1v) is 7.14. The minimum absolute atomic E-state index is 0.0243. The van der Waals surface area contributed by atoms with Gasteiger partial charge in [0.1, 0.15) is 12.0 Å². The van der Waals surface area contributed by atoms with Gasteiger partial charge >= 0.3 is 0 Å². The van der Waals surface area contributed by atoms with Crippen LogP contribution in [0.25, 0.3) is 0 Å². The molecule has 0 radical (unpaired) electrons. The fraction of sp³-hybridized carbons (Fsp3) is 0.533. The molecule has 1 N–H and O–H groups in total. The zero-order valence-electron chi connectivity index (χ0n) is 11.3. The van der Waals surface area contributed by atoms with Crippen molar-refractivity contribution in [3.63, 3.8) is 0 Å². The summed E-state index contributed by atoms with van der Waals surface area (Å²) in [6.07, 6.45) is 2.85. The highest BCUT2D eigenvalue weighted by atomic mass is 19.1. The van der Waals surface area contributed by atoms with Crippen molar-refractivity contribution in [3.8, 4) is 0 Å². The van der Waals surface area contributed by atoms with Crippen molar-refractivity contribution in [2.75, 3.05) is 19.7 Å². The van der Waals surface area contributed by atoms with Crippen molar-refractivity contribution >= 4 is 5.91 Å². The van der Waals surface area contributed by atoms with Crippen molar-refractivity contribution in [1.29, 1.82) is 0 Å². The van der Waals surface area contributed by atoms with Crippen LogP contribution in [0.4, 0.5) is 4.39 Å². The molecular weight excluding hydrogens is 259 g/mol. The van der Waals surface area contributed by atoms with Crippen LogP contribution in [-0.4, -0.2) is 36.6 Å². The summed E-state index contributed by atoms with van der Waals surface area (Å²) in [7, 11) is 0. The van der Waals surface area contributed by atoms with Crippen LogP contribution in [0.5, 0.6) is 0 Å². The summed E-state index contributed by atoms with van der Waals surface area (Å²) in [6.45, 7) is 1.69. The Balaban J connectivity index is 1.70. The highest BCUT2D eigenvalue weighted by molar-refractivity contribution is 5.80. The quantitative estimate of drug-likeness (QED) is 0.913. The van der Waals surface area contributed by atoms with Gasteiger partial charge < -0.3 is 9.64 Å². The highest BCUT2D eigenvalue weighted by Crippen LogP contribution is 2.26. The first-order valence-electron chi connectivity index (χ1n) is 7.14. The summed E-state index contributed by atoms with van der Waals surface area (Å²) in [5, 5.41) is 3.08. The Morgan fingerprint density at radius 1 is 1.40 bits per heavy atom. The molecule has 1 aromatic carbocycles. The maximum atomic E-state index is 13.9. The van der Waals surface area contributed by atoms with Gasteiger partial charge in [0.25, 0.3) is 0 Å². The molecule has 4 nitrogen and oxygen atoms in total. The van der Waals surface area contributed by atoms with Crippen LogP contribution in [0.1, 0.15) is 31.0 Å². The minimum Gasteiger partial charge on any atom is -0.378 e. The Morgan fingerprint density at radius 3 is 3.00 bits per heavy atom. The van der Waals surface area contributed by atoms with Gasteiger partial charge in [-0.25, -0.2) is 4.39 Å². The maximum Gasteiger partial charge on any atom is 0.238 e. The van der Waals surface area contributed by atoms with Crippen molar-refractivity contribution in [3.05, 3.63) is 35.6 Å². The molecular formula is C15H19FN2O2. The second-order valence-electron chi connectivity index (χ2n) is 5.32. The van der Waals surface area contributed by atoms with E-state index in [2.05, 4.69) is 5.32 Å². The molecule has 0 saturated carbocycles. The number of hydrogen-bond acceptors (Lipinski definition) is 3. The Kier molecular flexibility index (Phi) is 3.98. The second-order valence-corrected chi connectivity index (χ2v) is 5.32. The van der Waals surface area contributed by atoms with Gasteiger partial charge in [0.15, 0.2) is 0 Å². The van der Waals surface area contributed by atoms with E-state index in [0.717, 1.165) is 25.9 Å². The number of carbonyl (C=O) groups is 1. The maximum absolute atomic E-state index is 13.9. The number of hydrogen-bond donors (Lipinski definition) is 1. The van der Waals surface area contributed by atoms with Gasteiger partial charge in [0, 0.05) is 18.7 Å². The molecule has 2 atom stereocenters. The Bertz CT molecular complexity index is 489. The van der Waals surface area contributed by atoms with Crippen LogP contribution < -0.4 is 5.32 Å². The second kappa shape index (κ2) is 5.89. The van der Waals surface area contributed by atoms with Gasteiger partial charge in [-0.1, -0.05) is 18.2 Å². The molecule has 2 unspecified atom stereocenters. The van der Waals surface area contributed by atoms with Gasteiger partial charge in [0.05, 0.1) is 12.6 Å². The van der Waals surface area contributed by atoms with E-state index in [9.17, 15) is 9.18 Å². The molecule has 2 aliphatic heterocycles. The monoisotopic (exact) mass is 278 g/mol. The summed E-state index contributed by atoms with van der Waals surface area (Å²) >= 11 is 0. The zero-order valence-corrected chi connectivity index (χ0v) is 11.3. The third kappa shape index (κ3) is 2.69. The Labute approximate surface area is 117 Å². The SMILES string of the molecule is O=C1CNC(c2ccccc2F)N1CCC1CCCO1. The summed E-state index contributed by atoms with van der Waals surface area (Å²) < 4.78 is 19.5. The Hall–Kier alpha value is -1.46. The summed E-state index contributed by atoms with van der Waals surface area (Å²) in [5.41, 5.74) is 0.533. The molecule has 2 fully saturated rings. The standard InChI is InChI=1S/C15H19FN2O2/c16-13-6-2-1-5-12(13)15-17-10-14(19)18(15)8-7-11-4-3-9-20-11/h1-2,5-6,11,15,17H,3-4,7-10H2. The van der Waals surface area contributed by atoms with E-state index < -0.39 is 0 Å². The van der Waals surface area contributed by atoms with Crippen LogP contribution in [0, 0.1) is 5.82 Å². The lowest BCUT2D eigenvalue weighted by Gasteiger charge is -2.26. The topological polar surface area (TPSA) is 41.6 Å². The zero-order chi connectivity index (χ0) is 13.9. The smallest absolute Gasteiger partial charge is 0.238 e. The molecule has 2 saturated heterocycles. The average Bonchev–Trinajstić information content (AvgIpc) is 3.07. The Morgan fingerprint density at radius 2 is 2.25 bits per heavy atom. The van der Waals surface area contributed by atoms with Gasteiger partial charge in [-0.3, -0.25) is 10.1 Å². The molecule has 2 heterocycles. The number of carbonyl (C=O) groups excluding carboxylic acids is 1. The molecule has 0 bridgehead atoms. The van der Waals surface area contributed by atoms with E-state index in [1.165, 1.54) is 6.07 Å². The highest BCUT2D eigenvalue weighted by Gasteiger charge is 2.33. The van der Waals surface area contributed by atoms with Crippen molar-refractivity contribution in [2.24, 2.45) is 0 Å². The largest absolute Gasteiger partial charge is 0.378 e. The predicted octanol–water partition coefficient (Wildman–Crippen LogP) is 1.83. The van der Waals surface area contributed by atoms with E-state index in [0.29, 0.717) is 12.1 Å². The fourth-order valence-corrected chi connectivity index (χ4v) is 2.92. The molecule has 1 aromatic rings. The van der Waals surface area contributed by atoms with Gasteiger partial charge in [-0.2, -0.15) is 0 Å². The minimum atomic E-state index is -0.356. The van der Waals surface area contributed by atoms with E-state index in [1.54, 1.807) is 23.1 Å². The normalized spacial score (nSPS) is 26.4. The van der Waals surface area contributed by atoms with Crippen LogP contribution in [-0.2, 0) is 9.53 Å². The van der Waals surface area contributed by atoms with Crippen LogP contribution >= 0.6 is 0 Å². The van der Waals surface area contributed by atoms with Crippen LogP contribution in [0.2, 0.25) is 0 Å². The molecule has 1 amide bonds.